The Morgan fingerprint density at radius 3 is 2.71 bits per heavy atom. The zero-order valence-electron chi connectivity index (χ0n) is 20.1. The van der Waals surface area contributed by atoms with Crippen molar-refractivity contribution < 1.29 is 24.1 Å². The monoisotopic (exact) mass is 474 g/mol. The first-order chi connectivity index (χ1) is 16.1. The molecule has 3 aliphatic rings. The second-order valence-corrected chi connectivity index (χ2v) is 10.4. The SMILES string of the molecule is CC(C)N(C[C@H]1O[C@@H](n2cnc3c(N)ncnc32)[C@@H]2OC(C)(C)O[C@@H]21)[C@H]1C[C@H](CCC(=O)O)C1. The minimum Gasteiger partial charge on any atom is -0.481 e. The fourth-order valence-electron chi connectivity index (χ4n) is 5.61. The fourth-order valence-corrected chi connectivity index (χ4v) is 5.61. The van der Waals surface area contributed by atoms with E-state index in [0.29, 0.717) is 41.5 Å². The van der Waals surface area contributed by atoms with E-state index in [4.69, 9.17) is 25.1 Å². The van der Waals surface area contributed by atoms with Gasteiger partial charge in [0, 0.05) is 25.0 Å². The molecule has 3 fully saturated rings. The number of ether oxygens (including phenoxy) is 3. The van der Waals surface area contributed by atoms with E-state index in [0.717, 1.165) is 19.3 Å². The van der Waals surface area contributed by atoms with Crippen LogP contribution < -0.4 is 5.73 Å². The molecule has 0 radical (unpaired) electrons. The number of nitrogens with two attached hydrogens (primary N) is 1. The summed E-state index contributed by atoms with van der Waals surface area (Å²) in [7, 11) is 0. The van der Waals surface area contributed by atoms with Gasteiger partial charge in [0.05, 0.1) is 6.33 Å². The van der Waals surface area contributed by atoms with Crippen LogP contribution in [0.25, 0.3) is 11.2 Å². The normalized spacial score (nSPS) is 32.4. The quantitative estimate of drug-likeness (QED) is 0.585. The number of imidazole rings is 1. The predicted molar refractivity (Wildman–Crippen MR) is 123 cm³/mol. The van der Waals surface area contributed by atoms with Crippen molar-refractivity contribution in [1.82, 2.24) is 24.4 Å². The highest BCUT2D eigenvalue weighted by Gasteiger charge is 2.56. The maximum atomic E-state index is 10.9. The van der Waals surface area contributed by atoms with Crippen molar-refractivity contribution in [2.45, 2.75) is 95.8 Å². The summed E-state index contributed by atoms with van der Waals surface area (Å²) in [5, 5.41) is 8.97. The van der Waals surface area contributed by atoms with Crippen molar-refractivity contribution >= 4 is 23.0 Å². The number of carbonyl (C=O) groups is 1. The van der Waals surface area contributed by atoms with Gasteiger partial charge in [0.25, 0.3) is 0 Å². The lowest BCUT2D eigenvalue weighted by atomic mass is 9.76. The molecule has 2 aromatic rings. The second kappa shape index (κ2) is 8.71. The van der Waals surface area contributed by atoms with E-state index in [1.54, 1.807) is 6.33 Å². The van der Waals surface area contributed by atoms with Crippen molar-refractivity contribution in [1.29, 1.82) is 0 Å². The molecule has 1 aliphatic carbocycles. The van der Waals surface area contributed by atoms with Crippen LogP contribution in [0.5, 0.6) is 0 Å². The molecule has 2 aliphatic heterocycles. The van der Waals surface area contributed by atoms with Crippen LogP contribution >= 0.6 is 0 Å². The van der Waals surface area contributed by atoms with Crippen molar-refractivity contribution in [3.05, 3.63) is 12.7 Å². The van der Waals surface area contributed by atoms with Gasteiger partial charge in [-0.1, -0.05) is 0 Å². The second-order valence-electron chi connectivity index (χ2n) is 10.4. The first-order valence-electron chi connectivity index (χ1n) is 12.0. The third kappa shape index (κ3) is 4.26. The Morgan fingerprint density at radius 1 is 1.26 bits per heavy atom. The van der Waals surface area contributed by atoms with Gasteiger partial charge in [0.2, 0.25) is 0 Å². The topological polar surface area (TPSA) is 138 Å². The molecule has 3 N–H and O–H groups in total. The number of nitrogens with zero attached hydrogens (tertiary/aromatic N) is 5. The number of carboxylic acids is 1. The zero-order chi connectivity index (χ0) is 24.2. The summed E-state index contributed by atoms with van der Waals surface area (Å²) in [4.78, 5) is 26.2. The predicted octanol–water partition coefficient (Wildman–Crippen LogP) is 2.18. The molecule has 11 heteroatoms. The molecule has 1 saturated carbocycles. The average molecular weight is 475 g/mol. The van der Waals surface area contributed by atoms with Gasteiger partial charge in [-0.2, -0.15) is 0 Å². The Kier molecular flexibility index (Phi) is 5.99. The first-order valence-corrected chi connectivity index (χ1v) is 12.0. The molecule has 0 spiro atoms. The summed E-state index contributed by atoms with van der Waals surface area (Å²) >= 11 is 0. The Bertz CT molecular complexity index is 1050. The third-order valence-corrected chi connectivity index (χ3v) is 7.29. The van der Waals surface area contributed by atoms with Gasteiger partial charge in [0.15, 0.2) is 23.5 Å². The molecule has 4 atom stereocenters. The lowest BCUT2D eigenvalue weighted by molar-refractivity contribution is -0.199. The molecule has 5 rings (SSSR count). The molecule has 34 heavy (non-hydrogen) atoms. The number of hydrogen-bond acceptors (Lipinski definition) is 9. The molecule has 0 amide bonds. The summed E-state index contributed by atoms with van der Waals surface area (Å²) in [5.41, 5.74) is 7.13. The van der Waals surface area contributed by atoms with E-state index in [-0.39, 0.29) is 24.7 Å². The highest BCUT2D eigenvalue weighted by atomic mass is 16.8. The van der Waals surface area contributed by atoms with E-state index in [9.17, 15) is 4.79 Å². The number of rotatable bonds is 8. The number of hydrogen-bond donors (Lipinski definition) is 2. The smallest absolute Gasteiger partial charge is 0.303 e. The number of nitrogen functional groups attached to an aromatic ring is 1. The first kappa shape index (κ1) is 23.4. The number of aromatic nitrogens is 4. The van der Waals surface area contributed by atoms with Crippen molar-refractivity contribution in [2.75, 3.05) is 12.3 Å². The number of carboxylic acid groups (broad SMARTS) is 1. The molecule has 2 saturated heterocycles. The number of anilines is 1. The van der Waals surface area contributed by atoms with Crippen LogP contribution in [0.15, 0.2) is 12.7 Å². The Morgan fingerprint density at radius 2 is 2.00 bits per heavy atom. The molecule has 0 aromatic carbocycles. The maximum absolute atomic E-state index is 10.9. The standard InChI is InChI=1S/C23H34N6O5/c1-12(2)28(14-7-13(8-14)5-6-16(30)31)9-15-18-19(34-23(3,4)33-18)22(32-15)29-11-27-17-20(24)25-10-26-21(17)29/h10-15,18-19,22H,5-9H2,1-4H3,(H,30,31)(H2,24,25,26)/t13-,14-,15-,18-,19-,22-/m1/s1. The molecule has 4 heterocycles. The molecule has 2 aromatic heterocycles. The molecular formula is C23H34N6O5. The maximum Gasteiger partial charge on any atom is 0.303 e. The summed E-state index contributed by atoms with van der Waals surface area (Å²) < 4.78 is 21.0. The van der Waals surface area contributed by atoms with E-state index in [1.807, 2.05) is 18.4 Å². The van der Waals surface area contributed by atoms with Gasteiger partial charge in [-0.25, -0.2) is 15.0 Å². The van der Waals surface area contributed by atoms with E-state index < -0.39 is 18.0 Å². The van der Waals surface area contributed by atoms with Gasteiger partial charge in [-0.3, -0.25) is 14.3 Å². The Balaban J connectivity index is 1.34. The molecule has 0 bridgehead atoms. The van der Waals surface area contributed by atoms with Gasteiger partial charge in [-0.15, -0.1) is 0 Å². The van der Waals surface area contributed by atoms with Gasteiger partial charge in [0.1, 0.15) is 30.2 Å². The lowest BCUT2D eigenvalue weighted by Crippen LogP contribution is -2.52. The van der Waals surface area contributed by atoms with Crippen molar-refractivity contribution in [3.8, 4) is 0 Å². The van der Waals surface area contributed by atoms with E-state index >= 15 is 0 Å². The Hall–Kier alpha value is -2.34. The highest BCUT2D eigenvalue weighted by molar-refractivity contribution is 5.81. The zero-order valence-corrected chi connectivity index (χ0v) is 20.1. The van der Waals surface area contributed by atoms with Crippen molar-refractivity contribution in [2.24, 2.45) is 5.92 Å². The van der Waals surface area contributed by atoms with Crippen LogP contribution in [-0.4, -0.2) is 78.2 Å². The summed E-state index contributed by atoms with van der Waals surface area (Å²) in [5.74, 6) is -0.645. The highest BCUT2D eigenvalue weighted by Crippen LogP contribution is 2.45. The minimum absolute atomic E-state index is 0.200. The van der Waals surface area contributed by atoms with Crippen LogP contribution in [-0.2, 0) is 19.0 Å². The lowest BCUT2D eigenvalue weighted by Gasteiger charge is -2.46. The van der Waals surface area contributed by atoms with Gasteiger partial charge in [-0.05, 0) is 52.9 Å². The molecular weight excluding hydrogens is 440 g/mol. The van der Waals surface area contributed by atoms with Crippen LogP contribution in [0.4, 0.5) is 5.82 Å². The van der Waals surface area contributed by atoms with Crippen LogP contribution in [0.1, 0.15) is 59.6 Å². The molecule has 0 unspecified atom stereocenters. The number of aliphatic carboxylic acids is 1. The van der Waals surface area contributed by atoms with E-state index in [2.05, 4.69) is 33.7 Å². The van der Waals surface area contributed by atoms with Gasteiger partial charge >= 0.3 is 5.97 Å². The average Bonchev–Trinajstić information content (AvgIpc) is 3.37. The Labute approximate surface area is 198 Å². The largest absolute Gasteiger partial charge is 0.481 e. The number of fused-ring (bicyclic) bond motifs is 2. The van der Waals surface area contributed by atoms with Crippen LogP contribution in [0.3, 0.4) is 0 Å². The van der Waals surface area contributed by atoms with Crippen LogP contribution in [0.2, 0.25) is 0 Å². The van der Waals surface area contributed by atoms with Crippen LogP contribution in [0, 0.1) is 5.92 Å². The third-order valence-electron chi connectivity index (χ3n) is 7.29. The molecule has 186 valence electrons. The fraction of sp³-hybridized carbons (Fsp3) is 0.739. The van der Waals surface area contributed by atoms with E-state index in [1.165, 1.54) is 6.33 Å². The summed E-state index contributed by atoms with van der Waals surface area (Å²) in [6.07, 6.45) is 4.91. The summed E-state index contributed by atoms with van der Waals surface area (Å²) in [6, 6.07) is 0.736. The minimum atomic E-state index is -0.722. The van der Waals surface area contributed by atoms with Crippen molar-refractivity contribution in [3.63, 3.8) is 0 Å². The summed E-state index contributed by atoms with van der Waals surface area (Å²) in [6.45, 7) is 8.92. The van der Waals surface area contributed by atoms with Gasteiger partial charge < -0.3 is 25.1 Å². The molecule has 11 nitrogen and oxygen atoms in total.